The van der Waals surface area contributed by atoms with Crippen molar-refractivity contribution in [3.8, 4) is 0 Å². The molecule has 0 spiro atoms. The van der Waals surface area contributed by atoms with Gasteiger partial charge >= 0.3 is 0 Å². The minimum Gasteiger partial charge on any atom is -0.271 e. The lowest BCUT2D eigenvalue weighted by atomic mass is 9.81. The molecule has 1 aromatic heterocycles. The molecule has 1 aliphatic carbocycles. The fourth-order valence-electron chi connectivity index (χ4n) is 2.10. The maximum atomic E-state index is 5.64. The lowest BCUT2D eigenvalue weighted by molar-refractivity contribution is 0.263. The van der Waals surface area contributed by atoms with Crippen LogP contribution in [0.5, 0.6) is 0 Å². The number of nitrogens with two attached hydrogens (primary N) is 1. The monoisotopic (exact) mass is 224 g/mol. The predicted molar refractivity (Wildman–Crippen MR) is 65.7 cm³/mol. The lowest BCUT2D eigenvalue weighted by Crippen LogP contribution is -2.30. The Hall–Kier alpha value is -0.380. The Bertz CT molecular complexity index is 304. The van der Waals surface area contributed by atoms with Crippen LogP contribution in [0.15, 0.2) is 12.1 Å². The van der Waals surface area contributed by atoms with Gasteiger partial charge in [-0.05, 0) is 30.9 Å². The molecule has 15 heavy (non-hydrogen) atoms. The largest absolute Gasteiger partial charge is 0.271 e. The molecule has 3 N–H and O–H groups in total. The van der Waals surface area contributed by atoms with E-state index in [-0.39, 0.29) is 0 Å². The summed E-state index contributed by atoms with van der Waals surface area (Å²) in [5, 5.41) is 0. The molecule has 0 bridgehead atoms. The summed E-state index contributed by atoms with van der Waals surface area (Å²) in [4.78, 5) is 2.86. The molecule has 1 saturated carbocycles. The molecule has 1 aromatic rings. The average molecular weight is 224 g/mol. The number of nitrogens with one attached hydrogen (secondary N) is 1. The van der Waals surface area contributed by atoms with Crippen molar-refractivity contribution >= 4 is 11.3 Å². The van der Waals surface area contributed by atoms with Crippen LogP contribution < -0.4 is 11.3 Å². The second-order valence-corrected chi connectivity index (χ2v) is 5.61. The fraction of sp³-hybridized carbons (Fsp3) is 0.667. The average Bonchev–Trinajstić information content (AvgIpc) is 2.65. The normalized spacial score (nSPS) is 18.8. The van der Waals surface area contributed by atoms with Gasteiger partial charge < -0.3 is 0 Å². The molecular weight excluding hydrogens is 204 g/mol. The van der Waals surface area contributed by atoms with E-state index in [1.807, 2.05) is 11.3 Å². The first-order chi connectivity index (χ1) is 7.33. The van der Waals surface area contributed by atoms with Gasteiger partial charge in [-0.2, -0.15) is 0 Å². The molecule has 0 aromatic carbocycles. The Morgan fingerprint density at radius 1 is 1.53 bits per heavy atom. The van der Waals surface area contributed by atoms with E-state index in [9.17, 15) is 0 Å². The SMILES string of the molecule is CCc1ccc(C(CC2CCC2)NN)s1. The summed E-state index contributed by atoms with van der Waals surface area (Å²) in [6.45, 7) is 2.20. The van der Waals surface area contributed by atoms with Gasteiger partial charge in [0.05, 0.1) is 6.04 Å². The number of aryl methyl sites for hydroxylation is 1. The summed E-state index contributed by atoms with van der Waals surface area (Å²) in [6.07, 6.45) is 6.53. The quantitative estimate of drug-likeness (QED) is 0.596. The second kappa shape index (κ2) is 5.10. The Balaban J connectivity index is 1.97. The van der Waals surface area contributed by atoms with Crippen molar-refractivity contribution in [1.82, 2.24) is 5.43 Å². The van der Waals surface area contributed by atoms with Crippen LogP contribution >= 0.6 is 11.3 Å². The van der Waals surface area contributed by atoms with Gasteiger partial charge in [0.1, 0.15) is 0 Å². The highest BCUT2D eigenvalue weighted by atomic mass is 32.1. The van der Waals surface area contributed by atoms with Crippen LogP contribution in [0.1, 0.15) is 48.4 Å². The van der Waals surface area contributed by atoms with Gasteiger partial charge in [0.2, 0.25) is 0 Å². The van der Waals surface area contributed by atoms with Crippen LogP contribution in [0.2, 0.25) is 0 Å². The van der Waals surface area contributed by atoms with Crippen molar-refractivity contribution < 1.29 is 0 Å². The minimum atomic E-state index is 0.376. The molecule has 2 rings (SSSR count). The maximum Gasteiger partial charge on any atom is 0.0556 e. The zero-order chi connectivity index (χ0) is 10.7. The van der Waals surface area contributed by atoms with Crippen molar-refractivity contribution in [3.63, 3.8) is 0 Å². The van der Waals surface area contributed by atoms with E-state index < -0.39 is 0 Å². The molecule has 1 heterocycles. The van der Waals surface area contributed by atoms with E-state index in [2.05, 4.69) is 24.5 Å². The van der Waals surface area contributed by atoms with E-state index in [0.29, 0.717) is 6.04 Å². The molecular formula is C12H20N2S. The summed E-state index contributed by atoms with van der Waals surface area (Å²) in [7, 11) is 0. The lowest BCUT2D eigenvalue weighted by Gasteiger charge is -2.28. The topological polar surface area (TPSA) is 38.0 Å². The van der Waals surface area contributed by atoms with Crippen molar-refractivity contribution in [2.45, 2.75) is 45.1 Å². The van der Waals surface area contributed by atoms with E-state index in [1.165, 1.54) is 35.4 Å². The number of hydrogen-bond donors (Lipinski definition) is 2. The van der Waals surface area contributed by atoms with Crippen molar-refractivity contribution in [1.29, 1.82) is 0 Å². The number of hydrazine groups is 1. The molecule has 1 aliphatic rings. The Labute approximate surface area is 95.8 Å². The smallest absolute Gasteiger partial charge is 0.0556 e. The van der Waals surface area contributed by atoms with Gasteiger partial charge in [-0.1, -0.05) is 26.2 Å². The van der Waals surface area contributed by atoms with E-state index in [4.69, 9.17) is 5.84 Å². The first-order valence-corrected chi connectivity index (χ1v) is 6.70. The number of rotatable bonds is 5. The predicted octanol–water partition coefficient (Wildman–Crippen LogP) is 3.01. The molecule has 3 heteroatoms. The van der Waals surface area contributed by atoms with Crippen molar-refractivity contribution in [3.05, 3.63) is 21.9 Å². The summed E-state index contributed by atoms with van der Waals surface area (Å²) >= 11 is 1.90. The first kappa shape index (κ1) is 11.1. The second-order valence-electron chi connectivity index (χ2n) is 4.41. The molecule has 0 radical (unpaired) electrons. The van der Waals surface area contributed by atoms with E-state index in [1.54, 1.807) is 0 Å². The van der Waals surface area contributed by atoms with Gasteiger partial charge in [0, 0.05) is 9.75 Å². The zero-order valence-corrected chi connectivity index (χ0v) is 10.1. The molecule has 84 valence electrons. The maximum absolute atomic E-state index is 5.64. The summed E-state index contributed by atoms with van der Waals surface area (Å²) in [5.74, 6) is 6.54. The summed E-state index contributed by atoms with van der Waals surface area (Å²) < 4.78 is 0. The summed E-state index contributed by atoms with van der Waals surface area (Å²) in [6, 6.07) is 4.83. The zero-order valence-electron chi connectivity index (χ0n) is 9.33. The minimum absolute atomic E-state index is 0.376. The van der Waals surface area contributed by atoms with Gasteiger partial charge in [0.25, 0.3) is 0 Å². The highest BCUT2D eigenvalue weighted by molar-refractivity contribution is 7.12. The van der Waals surface area contributed by atoms with Gasteiger partial charge in [-0.25, -0.2) is 0 Å². The van der Waals surface area contributed by atoms with Crippen molar-refractivity contribution in [2.24, 2.45) is 11.8 Å². The highest BCUT2D eigenvalue weighted by Gasteiger charge is 2.23. The number of thiophene rings is 1. The third-order valence-corrected chi connectivity index (χ3v) is 4.71. The third kappa shape index (κ3) is 2.60. The Kier molecular flexibility index (Phi) is 3.78. The third-order valence-electron chi connectivity index (χ3n) is 3.37. The van der Waals surface area contributed by atoms with Crippen LogP contribution in [-0.2, 0) is 6.42 Å². The molecule has 1 atom stereocenters. The molecule has 0 amide bonds. The van der Waals surface area contributed by atoms with Gasteiger partial charge in [-0.3, -0.25) is 11.3 Å². The molecule has 2 nitrogen and oxygen atoms in total. The highest BCUT2D eigenvalue weighted by Crippen LogP contribution is 2.36. The Morgan fingerprint density at radius 3 is 2.80 bits per heavy atom. The van der Waals surface area contributed by atoms with Crippen LogP contribution in [0.25, 0.3) is 0 Å². The Morgan fingerprint density at radius 2 is 2.33 bits per heavy atom. The summed E-state index contributed by atoms with van der Waals surface area (Å²) in [5.41, 5.74) is 2.97. The molecule has 0 saturated heterocycles. The molecule has 1 fully saturated rings. The standard InChI is InChI=1S/C12H20N2S/c1-2-10-6-7-12(15-10)11(14-13)8-9-4-3-5-9/h6-7,9,11,14H,2-5,8,13H2,1H3. The molecule has 1 unspecified atom stereocenters. The van der Waals surface area contributed by atoms with Crippen LogP contribution in [0.3, 0.4) is 0 Å². The van der Waals surface area contributed by atoms with Gasteiger partial charge in [0.15, 0.2) is 0 Å². The first-order valence-electron chi connectivity index (χ1n) is 5.88. The van der Waals surface area contributed by atoms with E-state index >= 15 is 0 Å². The van der Waals surface area contributed by atoms with Crippen LogP contribution in [-0.4, -0.2) is 0 Å². The van der Waals surface area contributed by atoms with Crippen molar-refractivity contribution in [2.75, 3.05) is 0 Å². The molecule has 0 aliphatic heterocycles. The van der Waals surface area contributed by atoms with Crippen LogP contribution in [0.4, 0.5) is 0 Å². The fourth-order valence-corrected chi connectivity index (χ4v) is 3.13. The van der Waals surface area contributed by atoms with Gasteiger partial charge in [-0.15, -0.1) is 11.3 Å². The number of hydrogen-bond acceptors (Lipinski definition) is 3. The van der Waals surface area contributed by atoms with E-state index in [0.717, 1.165) is 12.3 Å². The van der Waals surface area contributed by atoms with Crippen LogP contribution in [0, 0.1) is 5.92 Å².